The number of hydrogen-bond acceptors (Lipinski definition) is 3. The largest absolute Gasteiger partial charge is 0.405 e. The number of thiazole rings is 1. The van der Waals surface area contributed by atoms with Gasteiger partial charge in [0.05, 0.1) is 0 Å². The van der Waals surface area contributed by atoms with E-state index < -0.39 is 12.7 Å². The molecule has 0 saturated carbocycles. The molecule has 0 saturated heterocycles. The summed E-state index contributed by atoms with van der Waals surface area (Å²) in [6, 6.07) is 0. The number of hydrogen-bond donors (Lipinski definition) is 1. The number of aromatic nitrogens is 1. The van der Waals surface area contributed by atoms with Gasteiger partial charge in [-0.05, 0) is 0 Å². The number of alkyl halides is 3. The zero-order valence-electron chi connectivity index (χ0n) is 5.65. The number of anilines is 1. The van der Waals surface area contributed by atoms with Gasteiger partial charge in [-0.3, -0.25) is 0 Å². The van der Waals surface area contributed by atoms with Gasteiger partial charge in [0, 0.05) is 5.38 Å². The van der Waals surface area contributed by atoms with Crippen molar-refractivity contribution in [3.05, 3.63) is 10.5 Å². The van der Waals surface area contributed by atoms with Gasteiger partial charge in [0.2, 0.25) is 0 Å². The standard InChI is InChI=1S/C5H4ClF3N2S/c6-3-1-12-4(11-3)10-2-5(7,8)9/h1H,2H2,(H,10,11). The molecule has 1 rings (SSSR count). The fraction of sp³-hybridized carbons (Fsp3) is 0.400. The first-order chi connectivity index (χ1) is 5.47. The molecule has 0 spiro atoms. The second kappa shape index (κ2) is 3.49. The highest BCUT2D eigenvalue weighted by molar-refractivity contribution is 7.14. The van der Waals surface area contributed by atoms with Gasteiger partial charge in [-0.15, -0.1) is 11.3 Å². The van der Waals surface area contributed by atoms with Crippen LogP contribution in [0.3, 0.4) is 0 Å². The van der Waals surface area contributed by atoms with Crippen molar-refractivity contribution in [2.24, 2.45) is 0 Å². The predicted octanol–water partition coefficient (Wildman–Crippen LogP) is 2.77. The number of nitrogens with one attached hydrogen (secondary N) is 1. The first-order valence-corrected chi connectivity index (χ1v) is 4.15. The van der Waals surface area contributed by atoms with E-state index in [0.717, 1.165) is 11.3 Å². The van der Waals surface area contributed by atoms with Gasteiger partial charge in [0.25, 0.3) is 0 Å². The maximum atomic E-state index is 11.6. The Morgan fingerprint density at radius 2 is 2.25 bits per heavy atom. The normalized spacial score (nSPS) is 11.7. The zero-order valence-corrected chi connectivity index (χ0v) is 7.22. The first kappa shape index (κ1) is 9.60. The molecule has 0 aliphatic rings. The molecule has 1 heterocycles. The summed E-state index contributed by atoms with van der Waals surface area (Å²) in [6.45, 7) is -1.09. The first-order valence-electron chi connectivity index (χ1n) is 2.89. The van der Waals surface area contributed by atoms with Crippen molar-refractivity contribution >= 4 is 28.1 Å². The lowest BCUT2D eigenvalue weighted by atomic mass is 10.6. The van der Waals surface area contributed by atoms with Gasteiger partial charge in [-0.25, -0.2) is 4.98 Å². The van der Waals surface area contributed by atoms with Crippen molar-refractivity contribution in [1.82, 2.24) is 4.98 Å². The van der Waals surface area contributed by atoms with E-state index in [4.69, 9.17) is 11.6 Å². The van der Waals surface area contributed by atoms with Crippen LogP contribution >= 0.6 is 22.9 Å². The molecule has 0 bridgehead atoms. The van der Waals surface area contributed by atoms with Crippen molar-refractivity contribution in [1.29, 1.82) is 0 Å². The van der Waals surface area contributed by atoms with Crippen LogP contribution in [-0.2, 0) is 0 Å². The Morgan fingerprint density at radius 3 is 2.67 bits per heavy atom. The molecule has 0 atom stereocenters. The third kappa shape index (κ3) is 3.27. The molecule has 0 aliphatic carbocycles. The van der Waals surface area contributed by atoms with Gasteiger partial charge in [-0.2, -0.15) is 13.2 Å². The molecular formula is C5H4ClF3N2S. The highest BCUT2D eigenvalue weighted by atomic mass is 35.5. The fourth-order valence-corrected chi connectivity index (χ4v) is 1.35. The van der Waals surface area contributed by atoms with Gasteiger partial charge in [-0.1, -0.05) is 11.6 Å². The van der Waals surface area contributed by atoms with Crippen molar-refractivity contribution in [3.8, 4) is 0 Å². The SMILES string of the molecule is FC(F)(F)CNc1nc(Cl)cs1. The van der Waals surface area contributed by atoms with Gasteiger partial charge in [0.15, 0.2) is 5.13 Å². The minimum atomic E-state index is -4.22. The van der Waals surface area contributed by atoms with Crippen molar-refractivity contribution in [2.45, 2.75) is 6.18 Å². The Balaban J connectivity index is 2.44. The molecule has 2 nitrogen and oxygen atoms in total. The van der Waals surface area contributed by atoms with E-state index in [1.807, 2.05) is 0 Å². The maximum Gasteiger partial charge on any atom is 0.405 e. The molecular weight excluding hydrogens is 213 g/mol. The average Bonchev–Trinajstić information content (AvgIpc) is 2.30. The number of rotatable bonds is 2. The molecule has 7 heteroatoms. The minimum Gasteiger partial charge on any atom is -0.352 e. The summed E-state index contributed by atoms with van der Waals surface area (Å²) >= 11 is 6.42. The number of nitrogens with zero attached hydrogens (tertiary/aromatic N) is 1. The summed E-state index contributed by atoms with van der Waals surface area (Å²) < 4.78 is 34.9. The Hall–Kier alpha value is -0.490. The summed E-state index contributed by atoms with van der Waals surface area (Å²) in [5.74, 6) is 0. The predicted molar refractivity (Wildman–Crippen MR) is 41.7 cm³/mol. The Morgan fingerprint density at radius 1 is 1.58 bits per heavy atom. The molecule has 12 heavy (non-hydrogen) atoms. The quantitative estimate of drug-likeness (QED) is 0.822. The minimum absolute atomic E-state index is 0.178. The molecule has 0 fully saturated rings. The lowest BCUT2D eigenvalue weighted by molar-refractivity contribution is -0.115. The summed E-state index contributed by atoms with van der Waals surface area (Å²) in [6.07, 6.45) is -4.22. The van der Waals surface area contributed by atoms with E-state index in [2.05, 4.69) is 10.3 Å². The third-order valence-electron chi connectivity index (χ3n) is 0.916. The summed E-state index contributed by atoms with van der Waals surface area (Å²) in [4.78, 5) is 3.59. The zero-order chi connectivity index (χ0) is 9.19. The molecule has 0 amide bonds. The van der Waals surface area contributed by atoms with Crippen LogP contribution in [0.25, 0.3) is 0 Å². The van der Waals surface area contributed by atoms with Gasteiger partial charge < -0.3 is 5.32 Å². The molecule has 1 aromatic rings. The van der Waals surface area contributed by atoms with Crippen LogP contribution in [-0.4, -0.2) is 17.7 Å². The van der Waals surface area contributed by atoms with Crippen LogP contribution in [0.5, 0.6) is 0 Å². The molecule has 68 valence electrons. The van der Waals surface area contributed by atoms with Crippen LogP contribution in [0.15, 0.2) is 5.38 Å². The number of halogens is 4. The maximum absolute atomic E-state index is 11.6. The van der Waals surface area contributed by atoms with E-state index in [9.17, 15) is 13.2 Å². The summed E-state index contributed by atoms with van der Waals surface area (Å²) in [7, 11) is 0. The van der Waals surface area contributed by atoms with Crippen LogP contribution < -0.4 is 5.32 Å². The molecule has 0 radical (unpaired) electrons. The monoisotopic (exact) mass is 216 g/mol. The Bertz CT molecular complexity index is 259. The van der Waals surface area contributed by atoms with Crippen LogP contribution in [0.4, 0.5) is 18.3 Å². The Labute approximate surface area is 75.4 Å². The highest BCUT2D eigenvalue weighted by Gasteiger charge is 2.26. The van der Waals surface area contributed by atoms with Crippen LogP contribution in [0.1, 0.15) is 0 Å². The molecule has 0 aliphatic heterocycles. The third-order valence-corrected chi connectivity index (χ3v) is 2.04. The van der Waals surface area contributed by atoms with Crippen molar-refractivity contribution in [3.63, 3.8) is 0 Å². The molecule has 0 aromatic carbocycles. The smallest absolute Gasteiger partial charge is 0.352 e. The van der Waals surface area contributed by atoms with Crippen molar-refractivity contribution in [2.75, 3.05) is 11.9 Å². The van der Waals surface area contributed by atoms with Gasteiger partial charge in [0.1, 0.15) is 11.7 Å². The molecule has 1 aromatic heterocycles. The summed E-state index contributed by atoms with van der Waals surface area (Å²) in [5.41, 5.74) is 0. The van der Waals surface area contributed by atoms with E-state index in [1.165, 1.54) is 5.38 Å². The summed E-state index contributed by atoms with van der Waals surface area (Å²) in [5, 5.41) is 3.94. The topological polar surface area (TPSA) is 24.9 Å². The lowest BCUT2D eigenvalue weighted by Gasteiger charge is -2.05. The second-order valence-corrected chi connectivity index (χ2v) is 3.19. The highest BCUT2D eigenvalue weighted by Crippen LogP contribution is 2.21. The Kier molecular flexibility index (Phi) is 2.79. The van der Waals surface area contributed by atoms with Crippen LogP contribution in [0.2, 0.25) is 5.15 Å². The van der Waals surface area contributed by atoms with E-state index in [-0.39, 0.29) is 10.3 Å². The second-order valence-electron chi connectivity index (χ2n) is 1.94. The van der Waals surface area contributed by atoms with Crippen molar-refractivity contribution < 1.29 is 13.2 Å². The lowest BCUT2D eigenvalue weighted by Crippen LogP contribution is -2.21. The molecule has 1 N–H and O–H groups in total. The average molecular weight is 217 g/mol. The van der Waals surface area contributed by atoms with Gasteiger partial charge >= 0.3 is 6.18 Å². The van der Waals surface area contributed by atoms with Crippen LogP contribution in [0, 0.1) is 0 Å². The van der Waals surface area contributed by atoms with E-state index in [1.54, 1.807) is 0 Å². The molecule has 0 unspecified atom stereocenters. The van der Waals surface area contributed by atoms with E-state index in [0.29, 0.717) is 0 Å². The van der Waals surface area contributed by atoms with E-state index >= 15 is 0 Å². The fourth-order valence-electron chi connectivity index (χ4n) is 0.511.